The van der Waals surface area contributed by atoms with Crippen molar-refractivity contribution >= 4 is 11.8 Å². The molecule has 0 aliphatic heterocycles. The fourth-order valence-corrected chi connectivity index (χ4v) is 4.23. The first-order valence-electron chi connectivity index (χ1n) is 10.7. The van der Waals surface area contributed by atoms with E-state index in [1.54, 1.807) is 18.0 Å². The van der Waals surface area contributed by atoms with Gasteiger partial charge >= 0.3 is 0 Å². The predicted molar refractivity (Wildman–Crippen MR) is 126 cm³/mol. The topological polar surface area (TPSA) is 82.5 Å². The molecule has 0 radical (unpaired) electrons. The molecule has 0 saturated heterocycles. The third-order valence-corrected chi connectivity index (χ3v) is 6.13. The van der Waals surface area contributed by atoms with Gasteiger partial charge in [0, 0.05) is 23.4 Å². The average Bonchev–Trinajstić information content (AvgIpc) is 3.42. The molecule has 1 unspecified atom stereocenters. The minimum atomic E-state index is -0.171. The van der Waals surface area contributed by atoms with Gasteiger partial charge in [-0.2, -0.15) is 4.98 Å². The molecule has 0 amide bonds. The molecule has 1 aromatic carbocycles. The van der Waals surface area contributed by atoms with Gasteiger partial charge in [-0.15, -0.1) is 10.2 Å². The Balaban J connectivity index is 1.78. The maximum atomic E-state index is 5.57. The van der Waals surface area contributed by atoms with Crippen molar-refractivity contribution in [1.82, 2.24) is 29.9 Å². The van der Waals surface area contributed by atoms with E-state index in [0.717, 1.165) is 22.2 Å². The second-order valence-electron chi connectivity index (χ2n) is 9.06. The standard InChI is InChI=1S/C24H28N6OS/c1-15(2)18-11-7-8-12-19(18)30-20(17-10-9-13-25-14-17)27-28-23(30)32-16(3)21-26-22(29-31-21)24(4,5)6/h7-16H,1-6H3. The molecule has 3 aromatic heterocycles. The van der Waals surface area contributed by atoms with Crippen molar-refractivity contribution in [3.63, 3.8) is 0 Å². The van der Waals surface area contributed by atoms with Crippen molar-refractivity contribution in [3.8, 4) is 17.1 Å². The summed E-state index contributed by atoms with van der Waals surface area (Å²) in [5, 5.41) is 13.9. The van der Waals surface area contributed by atoms with Crippen LogP contribution in [-0.2, 0) is 5.41 Å². The zero-order chi connectivity index (χ0) is 22.9. The van der Waals surface area contributed by atoms with E-state index in [0.29, 0.717) is 17.6 Å². The number of hydrogen-bond donors (Lipinski definition) is 0. The van der Waals surface area contributed by atoms with E-state index in [-0.39, 0.29) is 10.7 Å². The second-order valence-corrected chi connectivity index (χ2v) is 10.4. The highest BCUT2D eigenvalue weighted by molar-refractivity contribution is 7.99. The number of benzene rings is 1. The summed E-state index contributed by atoms with van der Waals surface area (Å²) in [4.78, 5) is 8.90. The molecule has 3 heterocycles. The third kappa shape index (κ3) is 4.46. The van der Waals surface area contributed by atoms with Crippen molar-refractivity contribution in [2.75, 3.05) is 0 Å². The highest BCUT2D eigenvalue weighted by Gasteiger charge is 2.26. The van der Waals surface area contributed by atoms with Gasteiger partial charge in [0.15, 0.2) is 16.8 Å². The summed E-state index contributed by atoms with van der Waals surface area (Å²) in [6.45, 7) is 12.6. The predicted octanol–water partition coefficient (Wildman–Crippen LogP) is 5.99. The van der Waals surface area contributed by atoms with E-state index in [1.165, 1.54) is 5.56 Å². The van der Waals surface area contributed by atoms with Gasteiger partial charge in [-0.3, -0.25) is 9.55 Å². The van der Waals surface area contributed by atoms with Crippen LogP contribution in [0.15, 0.2) is 58.5 Å². The number of hydrogen-bond acceptors (Lipinski definition) is 7. The van der Waals surface area contributed by atoms with Crippen molar-refractivity contribution in [3.05, 3.63) is 66.1 Å². The molecule has 0 saturated carbocycles. The van der Waals surface area contributed by atoms with Gasteiger partial charge in [0.25, 0.3) is 0 Å². The Labute approximate surface area is 192 Å². The molecule has 0 N–H and O–H groups in total. The average molecular weight is 449 g/mol. The summed E-state index contributed by atoms with van der Waals surface area (Å²) < 4.78 is 7.68. The third-order valence-electron chi connectivity index (χ3n) is 5.10. The lowest BCUT2D eigenvalue weighted by Crippen LogP contribution is -2.13. The van der Waals surface area contributed by atoms with Crippen LogP contribution < -0.4 is 0 Å². The van der Waals surface area contributed by atoms with Crippen LogP contribution in [0.4, 0.5) is 0 Å². The van der Waals surface area contributed by atoms with Crippen LogP contribution in [0.1, 0.15) is 70.0 Å². The first-order chi connectivity index (χ1) is 15.3. The first-order valence-corrected chi connectivity index (χ1v) is 11.6. The Morgan fingerprint density at radius 1 is 1.00 bits per heavy atom. The van der Waals surface area contributed by atoms with Crippen LogP contribution in [0.25, 0.3) is 17.1 Å². The minimum absolute atomic E-state index is 0.0884. The molecule has 7 nitrogen and oxygen atoms in total. The van der Waals surface area contributed by atoms with Gasteiger partial charge in [0.1, 0.15) is 0 Å². The summed E-state index contributed by atoms with van der Waals surface area (Å²) >= 11 is 1.55. The highest BCUT2D eigenvalue weighted by atomic mass is 32.2. The zero-order valence-corrected chi connectivity index (χ0v) is 20.1. The van der Waals surface area contributed by atoms with Crippen LogP contribution in [0.2, 0.25) is 0 Å². The Hall–Kier alpha value is -3.00. The number of thioether (sulfide) groups is 1. The fraction of sp³-hybridized carbons (Fsp3) is 0.375. The summed E-state index contributed by atoms with van der Waals surface area (Å²) in [6, 6.07) is 12.3. The lowest BCUT2D eigenvalue weighted by atomic mass is 9.96. The number of rotatable bonds is 6. The quantitative estimate of drug-likeness (QED) is 0.335. The Morgan fingerprint density at radius 2 is 1.78 bits per heavy atom. The SMILES string of the molecule is CC(C)c1ccccc1-n1c(SC(C)c2nc(C(C)(C)C)no2)nnc1-c1cccnc1. The molecule has 1 atom stereocenters. The maximum absolute atomic E-state index is 5.57. The molecule has 32 heavy (non-hydrogen) atoms. The molecule has 0 spiro atoms. The van der Waals surface area contributed by atoms with Crippen molar-refractivity contribution < 1.29 is 4.52 Å². The molecular formula is C24H28N6OS. The van der Waals surface area contributed by atoms with E-state index in [9.17, 15) is 0 Å². The number of para-hydroxylation sites is 1. The molecule has 0 bridgehead atoms. The van der Waals surface area contributed by atoms with Crippen molar-refractivity contribution in [2.45, 2.75) is 63.3 Å². The van der Waals surface area contributed by atoms with Crippen LogP contribution in [-0.4, -0.2) is 29.9 Å². The Kier molecular flexibility index (Phi) is 6.15. The minimum Gasteiger partial charge on any atom is -0.338 e. The molecule has 8 heteroatoms. The van der Waals surface area contributed by atoms with Crippen LogP contribution in [0, 0.1) is 0 Å². The molecular weight excluding hydrogens is 420 g/mol. The summed E-state index contributed by atoms with van der Waals surface area (Å²) in [6.07, 6.45) is 3.57. The van der Waals surface area contributed by atoms with Gasteiger partial charge in [-0.25, -0.2) is 0 Å². The highest BCUT2D eigenvalue weighted by Crippen LogP contribution is 2.38. The lowest BCUT2D eigenvalue weighted by molar-refractivity contribution is 0.364. The second kappa shape index (κ2) is 8.86. The summed E-state index contributed by atoms with van der Waals surface area (Å²) in [5.41, 5.74) is 3.02. The van der Waals surface area contributed by atoms with Gasteiger partial charge in [-0.05, 0) is 36.6 Å². The molecule has 4 rings (SSSR count). The van der Waals surface area contributed by atoms with Gasteiger partial charge < -0.3 is 4.52 Å². The van der Waals surface area contributed by atoms with Crippen LogP contribution in [0.3, 0.4) is 0 Å². The van der Waals surface area contributed by atoms with Gasteiger partial charge in [-0.1, -0.05) is 69.7 Å². The lowest BCUT2D eigenvalue weighted by Gasteiger charge is -2.17. The smallest absolute Gasteiger partial charge is 0.239 e. The Morgan fingerprint density at radius 3 is 2.44 bits per heavy atom. The monoisotopic (exact) mass is 448 g/mol. The van der Waals surface area contributed by atoms with Crippen molar-refractivity contribution in [2.24, 2.45) is 0 Å². The first kappa shape index (κ1) is 22.2. The molecule has 0 aliphatic rings. The van der Waals surface area contributed by atoms with Crippen LogP contribution >= 0.6 is 11.8 Å². The summed E-state index contributed by atoms with van der Waals surface area (Å²) in [7, 11) is 0. The molecule has 4 aromatic rings. The maximum Gasteiger partial charge on any atom is 0.239 e. The Bertz CT molecular complexity index is 1190. The number of aromatic nitrogens is 6. The molecule has 166 valence electrons. The van der Waals surface area contributed by atoms with E-state index in [4.69, 9.17) is 4.52 Å². The fourth-order valence-electron chi connectivity index (χ4n) is 3.34. The normalized spacial score (nSPS) is 13.0. The van der Waals surface area contributed by atoms with E-state index < -0.39 is 0 Å². The zero-order valence-electron chi connectivity index (χ0n) is 19.3. The summed E-state index contributed by atoms with van der Waals surface area (Å²) in [5.74, 6) is 2.37. The number of pyridine rings is 1. The largest absolute Gasteiger partial charge is 0.338 e. The van der Waals surface area contributed by atoms with Crippen LogP contribution in [0.5, 0.6) is 0 Å². The van der Waals surface area contributed by atoms with Gasteiger partial charge in [0.05, 0.1) is 10.9 Å². The van der Waals surface area contributed by atoms with Gasteiger partial charge in [0.2, 0.25) is 5.89 Å². The molecule has 0 aliphatic carbocycles. The van der Waals surface area contributed by atoms with E-state index in [2.05, 4.69) is 82.7 Å². The van der Waals surface area contributed by atoms with Crippen molar-refractivity contribution in [1.29, 1.82) is 0 Å². The van der Waals surface area contributed by atoms with E-state index >= 15 is 0 Å². The van der Waals surface area contributed by atoms with E-state index in [1.807, 2.05) is 31.3 Å². The molecule has 0 fully saturated rings. The number of nitrogens with zero attached hydrogens (tertiary/aromatic N) is 6.